The van der Waals surface area contributed by atoms with Crippen LogP contribution < -0.4 is 0 Å². The second-order valence-electron chi connectivity index (χ2n) is 8.04. The first kappa shape index (κ1) is 24.1. The lowest BCUT2D eigenvalue weighted by molar-refractivity contribution is 0.537. The number of thioether (sulfide) groups is 1. The minimum Gasteiger partial charge on any atom is -0.200 e. The molecule has 0 bridgehead atoms. The van der Waals surface area contributed by atoms with Crippen molar-refractivity contribution < 1.29 is 16.8 Å². The monoisotopic (exact) mass is 487 g/mol. The molecule has 5 nitrogen and oxygen atoms in total. The van der Waals surface area contributed by atoms with E-state index in [9.17, 15) is 16.8 Å². The largest absolute Gasteiger partial charge is 0.277 e. The molecular formula is C24H25NO4S3. The van der Waals surface area contributed by atoms with Gasteiger partial charge in [-0.15, -0.1) is 0 Å². The van der Waals surface area contributed by atoms with Crippen molar-refractivity contribution in [3.63, 3.8) is 0 Å². The number of nitrogens with zero attached hydrogens (tertiary/aromatic N) is 1. The molecule has 0 radical (unpaired) electrons. The van der Waals surface area contributed by atoms with Gasteiger partial charge in [-0.2, -0.15) is 3.71 Å². The first-order valence-corrected chi connectivity index (χ1v) is 13.6. The van der Waals surface area contributed by atoms with E-state index in [-0.39, 0.29) is 15.2 Å². The molecule has 0 N–H and O–H groups in total. The van der Waals surface area contributed by atoms with E-state index < -0.39 is 20.0 Å². The molecule has 0 heterocycles. The fourth-order valence-electron chi connectivity index (χ4n) is 2.87. The molecule has 0 spiro atoms. The van der Waals surface area contributed by atoms with Crippen molar-refractivity contribution in [2.75, 3.05) is 0 Å². The summed E-state index contributed by atoms with van der Waals surface area (Å²) < 4.78 is 53.4. The highest BCUT2D eigenvalue weighted by molar-refractivity contribution is 8.04. The van der Waals surface area contributed by atoms with E-state index in [0.29, 0.717) is 3.71 Å². The molecule has 0 aliphatic rings. The number of hydrogen-bond donors (Lipinski definition) is 0. The van der Waals surface area contributed by atoms with Crippen molar-refractivity contribution >= 4 is 31.8 Å². The zero-order chi connectivity index (χ0) is 23.4. The van der Waals surface area contributed by atoms with Crippen LogP contribution in [0.4, 0.5) is 0 Å². The minimum atomic E-state index is -4.34. The van der Waals surface area contributed by atoms with Crippen LogP contribution in [0, 0.1) is 0 Å². The fraction of sp³-hybridized carbons (Fsp3) is 0.167. The van der Waals surface area contributed by atoms with Gasteiger partial charge in [-0.1, -0.05) is 81.1 Å². The zero-order valence-corrected chi connectivity index (χ0v) is 20.5. The van der Waals surface area contributed by atoms with Crippen LogP contribution in [0.3, 0.4) is 0 Å². The Labute approximate surface area is 194 Å². The van der Waals surface area contributed by atoms with Crippen LogP contribution in [0.5, 0.6) is 0 Å². The van der Waals surface area contributed by atoms with Gasteiger partial charge in [-0.25, -0.2) is 16.8 Å². The van der Waals surface area contributed by atoms with E-state index in [2.05, 4.69) is 20.8 Å². The summed E-state index contributed by atoms with van der Waals surface area (Å²) in [6.45, 7) is 6.36. The summed E-state index contributed by atoms with van der Waals surface area (Å²) in [5.41, 5.74) is 1.19. The Bertz CT molecular complexity index is 1210. The van der Waals surface area contributed by atoms with Crippen LogP contribution >= 0.6 is 11.8 Å². The molecule has 168 valence electrons. The van der Waals surface area contributed by atoms with Gasteiger partial charge in [-0.3, -0.25) is 0 Å². The predicted octanol–water partition coefficient (Wildman–Crippen LogP) is 5.63. The average molecular weight is 488 g/mol. The van der Waals surface area contributed by atoms with Crippen molar-refractivity contribution in [1.82, 2.24) is 3.71 Å². The van der Waals surface area contributed by atoms with Crippen LogP contribution in [-0.2, 0) is 25.5 Å². The molecule has 0 aliphatic heterocycles. The van der Waals surface area contributed by atoms with Crippen molar-refractivity contribution in [3.05, 3.63) is 102 Å². The second kappa shape index (κ2) is 9.52. The average Bonchev–Trinajstić information content (AvgIpc) is 2.77. The Hall–Kier alpha value is -2.55. The van der Waals surface area contributed by atoms with Gasteiger partial charge < -0.3 is 0 Å². The van der Waals surface area contributed by atoms with Crippen molar-refractivity contribution in [3.8, 4) is 0 Å². The Kier molecular flexibility index (Phi) is 7.17. The molecule has 8 heteroatoms. The molecule has 3 aromatic rings. The van der Waals surface area contributed by atoms with Gasteiger partial charge in [0.2, 0.25) is 0 Å². The van der Waals surface area contributed by atoms with Crippen molar-refractivity contribution in [2.24, 2.45) is 0 Å². The molecule has 0 saturated carbocycles. The summed E-state index contributed by atoms with van der Waals surface area (Å²) in [5.74, 6) is 0. The maximum Gasteiger partial charge on any atom is 0.277 e. The molecule has 0 fully saturated rings. The molecular weight excluding hydrogens is 462 g/mol. The quantitative estimate of drug-likeness (QED) is 0.404. The standard InChI is InChI=1S/C24H25NO4S3/c1-24(2,3)20-14-16-21(17-15-20)30-19-18-25(31(26,27)22-10-6-4-7-11-22)32(28,29)23-12-8-5-9-13-23/h4-19H,1-3H3/b19-18-. The summed E-state index contributed by atoms with van der Waals surface area (Å²) in [6, 6.07) is 22.9. The minimum absolute atomic E-state index is 0.0172. The van der Waals surface area contributed by atoms with Crippen LogP contribution in [0.25, 0.3) is 0 Å². The molecule has 0 aliphatic carbocycles. The second-order valence-corrected chi connectivity index (χ2v) is 12.9. The highest BCUT2D eigenvalue weighted by atomic mass is 32.3. The first-order valence-electron chi connectivity index (χ1n) is 9.86. The van der Waals surface area contributed by atoms with Gasteiger partial charge in [0.15, 0.2) is 0 Å². The molecule has 32 heavy (non-hydrogen) atoms. The Morgan fingerprint density at radius 3 is 1.53 bits per heavy atom. The first-order chi connectivity index (χ1) is 15.0. The zero-order valence-electron chi connectivity index (χ0n) is 18.0. The van der Waals surface area contributed by atoms with Gasteiger partial charge >= 0.3 is 0 Å². The lowest BCUT2D eigenvalue weighted by atomic mass is 9.87. The van der Waals surface area contributed by atoms with Crippen LogP contribution in [0.15, 0.2) is 111 Å². The van der Waals surface area contributed by atoms with Gasteiger partial charge in [0.1, 0.15) is 0 Å². The molecule has 0 saturated heterocycles. The topological polar surface area (TPSA) is 71.5 Å². The van der Waals surface area contributed by atoms with E-state index in [1.165, 1.54) is 47.0 Å². The fourth-order valence-corrected chi connectivity index (χ4v) is 7.07. The maximum absolute atomic E-state index is 13.2. The summed E-state index contributed by atoms with van der Waals surface area (Å²) in [5, 5.41) is 1.47. The van der Waals surface area contributed by atoms with E-state index in [0.717, 1.165) is 11.1 Å². The number of hydrogen-bond acceptors (Lipinski definition) is 5. The number of sulfonamides is 2. The SMILES string of the molecule is CC(C)(C)c1ccc(S/C=C\N(S(=O)(=O)c2ccccc2)S(=O)(=O)c2ccccc2)cc1. The molecule has 0 atom stereocenters. The Balaban J connectivity index is 1.96. The van der Waals surface area contributed by atoms with E-state index in [1.807, 2.05) is 24.3 Å². The third-order valence-corrected chi connectivity index (χ3v) is 9.57. The lowest BCUT2D eigenvalue weighted by Gasteiger charge is -2.20. The number of benzene rings is 3. The van der Waals surface area contributed by atoms with E-state index in [1.54, 1.807) is 36.4 Å². The molecule has 3 aromatic carbocycles. The highest BCUT2D eigenvalue weighted by Crippen LogP contribution is 2.28. The summed E-state index contributed by atoms with van der Waals surface area (Å²) in [4.78, 5) is 0.649. The van der Waals surface area contributed by atoms with E-state index >= 15 is 0 Å². The molecule has 0 aromatic heterocycles. The summed E-state index contributed by atoms with van der Waals surface area (Å²) in [7, 11) is -8.68. The Morgan fingerprint density at radius 2 is 1.12 bits per heavy atom. The van der Waals surface area contributed by atoms with Crippen molar-refractivity contribution in [1.29, 1.82) is 0 Å². The number of rotatable bonds is 7. The summed E-state index contributed by atoms with van der Waals surface area (Å²) >= 11 is 1.24. The van der Waals surface area contributed by atoms with Crippen LogP contribution in [-0.4, -0.2) is 20.5 Å². The molecule has 0 amide bonds. The predicted molar refractivity (Wildman–Crippen MR) is 129 cm³/mol. The lowest BCUT2D eigenvalue weighted by Crippen LogP contribution is -2.32. The van der Waals surface area contributed by atoms with Crippen molar-refractivity contribution in [2.45, 2.75) is 40.9 Å². The van der Waals surface area contributed by atoms with Gasteiger partial charge in [0.05, 0.1) is 9.79 Å². The third kappa shape index (κ3) is 5.43. The Morgan fingerprint density at radius 1 is 0.688 bits per heavy atom. The van der Waals surface area contributed by atoms with Crippen LogP contribution in [0.1, 0.15) is 26.3 Å². The highest BCUT2D eigenvalue weighted by Gasteiger charge is 2.33. The summed E-state index contributed by atoms with van der Waals surface area (Å²) in [6.07, 6.45) is 1.09. The van der Waals surface area contributed by atoms with E-state index in [4.69, 9.17) is 0 Å². The van der Waals surface area contributed by atoms with Gasteiger partial charge in [0, 0.05) is 11.1 Å². The van der Waals surface area contributed by atoms with Crippen LogP contribution in [0.2, 0.25) is 0 Å². The van der Waals surface area contributed by atoms with Gasteiger partial charge in [-0.05, 0) is 52.8 Å². The molecule has 0 unspecified atom stereocenters. The normalized spacial score (nSPS) is 12.7. The maximum atomic E-state index is 13.2. The third-order valence-electron chi connectivity index (χ3n) is 4.66. The smallest absolute Gasteiger partial charge is 0.200 e. The molecule has 3 rings (SSSR count). The van der Waals surface area contributed by atoms with Gasteiger partial charge in [0.25, 0.3) is 20.0 Å².